The number of rotatable bonds is 4. The van der Waals surface area contributed by atoms with Crippen molar-refractivity contribution in [2.45, 2.75) is 31.4 Å². The summed E-state index contributed by atoms with van der Waals surface area (Å²) in [6, 6.07) is -0.499. The minimum absolute atomic E-state index is 0.0194. The second kappa shape index (κ2) is 9.53. The van der Waals surface area contributed by atoms with Gasteiger partial charge in [0.15, 0.2) is 0 Å². The van der Waals surface area contributed by atoms with Crippen LogP contribution in [-0.2, 0) is 14.4 Å². The summed E-state index contributed by atoms with van der Waals surface area (Å²) in [6.07, 6.45) is 3.40. The number of aliphatic hydroxyl groups excluding tert-OH is 1. The van der Waals surface area contributed by atoms with Crippen LogP contribution < -0.4 is 5.73 Å². The Bertz CT molecular complexity index is 448. The van der Waals surface area contributed by atoms with Gasteiger partial charge in [0.05, 0.1) is 18.0 Å². The molecule has 0 bridgehead atoms. The van der Waals surface area contributed by atoms with Crippen LogP contribution >= 0.6 is 11.8 Å². The van der Waals surface area contributed by atoms with Crippen LogP contribution in [0.3, 0.4) is 0 Å². The fourth-order valence-electron chi connectivity index (χ4n) is 2.51. The molecule has 3 atom stereocenters. The van der Waals surface area contributed by atoms with E-state index in [1.54, 1.807) is 16.7 Å². The van der Waals surface area contributed by atoms with E-state index in [2.05, 4.69) is 0 Å². The number of carbonyl (C=O) groups excluding carboxylic acids is 1. The molecule has 5 N–H and O–H groups in total. The summed E-state index contributed by atoms with van der Waals surface area (Å²) >= 11 is 1.76. The van der Waals surface area contributed by atoms with Crippen LogP contribution in [0.4, 0.5) is 0 Å². The van der Waals surface area contributed by atoms with Crippen molar-refractivity contribution in [1.82, 2.24) is 4.90 Å². The third kappa shape index (κ3) is 6.59. The van der Waals surface area contributed by atoms with Crippen LogP contribution in [0.15, 0.2) is 12.2 Å². The molecule has 0 aromatic heterocycles. The zero-order chi connectivity index (χ0) is 17.4. The van der Waals surface area contributed by atoms with Gasteiger partial charge in [0.1, 0.15) is 0 Å². The lowest BCUT2D eigenvalue weighted by atomic mass is 9.96. The fraction of sp³-hybridized carbons (Fsp3) is 0.643. The highest BCUT2D eigenvalue weighted by atomic mass is 32.2. The Kier molecular flexibility index (Phi) is 8.07. The third-order valence-electron chi connectivity index (χ3n) is 3.71. The van der Waals surface area contributed by atoms with Gasteiger partial charge in [-0.3, -0.25) is 4.79 Å². The van der Waals surface area contributed by atoms with Gasteiger partial charge in [-0.05, 0) is 12.8 Å². The van der Waals surface area contributed by atoms with E-state index in [4.69, 9.17) is 15.9 Å². The van der Waals surface area contributed by atoms with Crippen molar-refractivity contribution in [3.63, 3.8) is 0 Å². The summed E-state index contributed by atoms with van der Waals surface area (Å²) < 4.78 is 0. The van der Waals surface area contributed by atoms with Gasteiger partial charge in [-0.15, -0.1) is 11.8 Å². The van der Waals surface area contributed by atoms with Crippen molar-refractivity contribution in [2.75, 3.05) is 18.2 Å². The number of thioether (sulfide) groups is 1. The molecule has 8 nitrogen and oxygen atoms in total. The summed E-state index contributed by atoms with van der Waals surface area (Å²) in [5.41, 5.74) is 5.93. The molecule has 1 aliphatic carbocycles. The van der Waals surface area contributed by atoms with Crippen LogP contribution in [0.2, 0.25) is 0 Å². The van der Waals surface area contributed by atoms with Crippen molar-refractivity contribution in [2.24, 2.45) is 11.7 Å². The molecular formula is C14H22N2O6S. The first kappa shape index (κ1) is 19.5. The predicted molar refractivity (Wildman–Crippen MR) is 84.8 cm³/mol. The normalized spacial score (nSPS) is 25.0. The van der Waals surface area contributed by atoms with Crippen molar-refractivity contribution < 1.29 is 29.7 Å². The van der Waals surface area contributed by atoms with Crippen LogP contribution in [0.1, 0.15) is 19.3 Å². The number of nitrogens with zero attached hydrogens (tertiary/aromatic N) is 1. The quantitative estimate of drug-likeness (QED) is 0.509. The molecule has 2 aliphatic rings. The molecule has 0 aromatic rings. The molecule has 2 fully saturated rings. The van der Waals surface area contributed by atoms with Gasteiger partial charge in [0, 0.05) is 30.4 Å². The number of carboxylic acid groups (broad SMARTS) is 2. The molecule has 1 amide bonds. The molecule has 1 saturated carbocycles. The molecule has 1 aliphatic heterocycles. The van der Waals surface area contributed by atoms with Crippen LogP contribution in [0.25, 0.3) is 0 Å². The third-order valence-corrected chi connectivity index (χ3v) is 4.68. The first-order chi connectivity index (χ1) is 10.8. The highest BCUT2D eigenvalue weighted by molar-refractivity contribution is 7.99. The van der Waals surface area contributed by atoms with E-state index in [1.165, 1.54) is 0 Å². The van der Waals surface area contributed by atoms with E-state index < -0.39 is 18.0 Å². The Hall–Kier alpha value is -1.58. The summed E-state index contributed by atoms with van der Waals surface area (Å²) in [6.45, 7) is 0.806. The van der Waals surface area contributed by atoms with Gasteiger partial charge in [-0.25, -0.2) is 9.59 Å². The summed E-state index contributed by atoms with van der Waals surface area (Å²) in [4.78, 5) is 32.9. The van der Waals surface area contributed by atoms with Crippen LogP contribution in [-0.4, -0.2) is 68.4 Å². The minimum Gasteiger partial charge on any atom is -0.478 e. The van der Waals surface area contributed by atoms with E-state index in [9.17, 15) is 19.5 Å². The minimum atomic E-state index is -1.26. The summed E-state index contributed by atoms with van der Waals surface area (Å²) in [5.74, 6) is -0.755. The number of aliphatic hydroxyl groups is 1. The highest BCUT2D eigenvalue weighted by Gasteiger charge is 2.36. The summed E-state index contributed by atoms with van der Waals surface area (Å²) in [5, 5.41) is 25.3. The number of amides is 1. The number of aliphatic carboxylic acids is 2. The lowest BCUT2D eigenvalue weighted by molar-refractivity contribution is -0.134. The van der Waals surface area contributed by atoms with Crippen LogP contribution in [0.5, 0.6) is 0 Å². The molecule has 0 spiro atoms. The molecule has 1 heterocycles. The number of carbonyl (C=O) groups is 3. The first-order valence-electron chi connectivity index (χ1n) is 7.27. The van der Waals surface area contributed by atoms with Gasteiger partial charge < -0.3 is 26.0 Å². The zero-order valence-electron chi connectivity index (χ0n) is 12.6. The van der Waals surface area contributed by atoms with Gasteiger partial charge in [-0.1, -0.05) is 6.42 Å². The second-order valence-corrected chi connectivity index (χ2v) is 6.41. The van der Waals surface area contributed by atoms with Gasteiger partial charge in [0.25, 0.3) is 0 Å². The average molecular weight is 346 g/mol. The van der Waals surface area contributed by atoms with Crippen molar-refractivity contribution in [3.05, 3.63) is 12.2 Å². The number of carboxylic acids is 2. The molecule has 2 rings (SSSR count). The highest BCUT2D eigenvalue weighted by Crippen LogP contribution is 2.29. The fourth-order valence-corrected chi connectivity index (χ4v) is 3.47. The Morgan fingerprint density at radius 1 is 1.17 bits per heavy atom. The molecule has 0 aromatic carbocycles. The van der Waals surface area contributed by atoms with Gasteiger partial charge >= 0.3 is 11.9 Å². The average Bonchev–Trinajstić information content (AvgIpc) is 3.15. The van der Waals surface area contributed by atoms with Crippen molar-refractivity contribution in [1.29, 1.82) is 0 Å². The smallest absolute Gasteiger partial charge is 0.328 e. The standard InChI is InChI=1S/C10H18N2O2S.C4H4O4/c11-9(7-2-1-3-8(7)13)10(14)12-4-5-15-6-12;5-3(6)1-2-4(7)8/h7-9,13H,1-6,11H2;1-2H,(H,5,6)(H,7,8)/b;2-1+/t7-,8+,9+;/m1./s1. The molecule has 23 heavy (non-hydrogen) atoms. The maximum Gasteiger partial charge on any atom is 0.328 e. The SMILES string of the molecule is N[C@H](C(=O)N1CCSC1)[C@@H]1CCC[C@@H]1O.O=C(O)/C=C/C(=O)O. The Morgan fingerprint density at radius 2 is 1.78 bits per heavy atom. The maximum absolute atomic E-state index is 12.0. The molecule has 0 radical (unpaired) electrons. The maximum atomic E-state index is 12.0. The predicted octanol–water partition coefficient (Wildman–Crippen LogP) is -0.281. The van der Waals surface area contributed by atoms with Gasteiger partial charge in [0.2, 0.25) is 5.91 Å². The number of hydrogen-bond donors (Lipinski definition) is 4. The van der Waals surface area contributed by atoms with Crippen molar-refractivity contribution in [3.8, 4) is 0 Å². The molecule has 1 saturated heterocycles. The first-order valence-corrected chi connectivity index (χ1v) is 8.42. The number of hydrogen-bond acceptors (Lipinski definition) is 6. The summed E-state index contributed by atoms with van der Waals surface area (Å²) in [7, 11) is 0. The van der Waals surface area contributed by atoms with Crippen molar-refractivity contribution >= 4 is 29.6 Å². The molecule has 130 valence electrons. The van der Waals surface area contributed by atoms with E-state index in [1.807, 2.05) is 0 Å². The van der Waals surface area contributed by atoms with E-state index >= 15 is 0 Å². The lowest BCUT2D eigenvalue weighted by Gasteiger charge is -2.25. The van der Waals surface area contributed by atoms with Gasteiger partial charge in [-0.2, -0.15) is 0 Å². The Balaban J connectivity index is 0.000000284. The molecular weight excluding hydrogens is 324 g/mol. The Morgan fingerprint density at radius 3 is 2.17 bits per heavy atom. The van der Waals surface area contributed by atoms with E-state index in [0.29, 0.717) is 12.2 Å². The van der Waals surface area contributed by atoms with E-state index in [0.717, 1.165) is 37.4 Å². The largest absolute Gasteiger partial charge is 0.478 e. The molecule has 9 heteroatoms. The topological polar surface area (TPSA) is 141 Å². The number of nitrogens with two attached hydrogens (primary N) is 1. The second-order valence-electron chi connectivity index (χ2n) is 5.34. The zero-order valence-corrected chi connectivity index (χ0v) is 13.4. The van der Waals surface area contributed by atoms with E-state index in [-0.39, 0.29) is 17.9 Å². The monoisotopic (exact) mass is 346 g/mol. The molecule has 0 unspecified atom stereocenters. The lowest BCUT2D eigenvalue weighted by Crippen LogP contribution is -2.48. The Labute approximate surface area is 138 Å². The van der Waals surface area contributed by atoms with Crippen LogP contribution in [0, 0.1) is 5.92 Å².